The van der Waals surface area contributed by atoms with E-state index in [0.29, 0.717) is 17.6 Å². The minimum atomic E-state index is -0.729. The van der Waals surface area contributed by atoms with E-state index in [4.69, 9.17) is 10.5 Å². The second kappa shape index (κ2) is 5.01. The van der Waals surface area contributed by atoms with Crippen molar-refractivity contribution in [3.63, 3.8) is 0 Å². The summed E-state index contributed by atoms with van der Waals surface area (Å²) in [5.41, 5.74) is 7.36. The minimum Gasteiger partial charge on any atom is -0.410 e. The van der Waals surface area contributed by atoms with Crippen LogP contribution in [0.1, 0.15) is 56.6 Å². The number of benzene rings is 1. The summed E-state index contributed by atoms with van der Waals surface area (Å²) in [7, 11) is 0. The van der Waals surface area contributed by atoms with Crippen LogP contribution in [0, 0.1) is 5.92 Å². The third-order valence-electron chi connectivity index (χ3n) is 3.72. The van der Waals surface area contributed by atoms with E-state index in [-0.39, 0.29) is 0 Å². The van der Waals surface area contributed by atoms with E-state index in [9.17, 15) is 4.79 Å². The van der Waals surface area contributed by atoms with Crippen molar-refractivity contribution in [2.75, 3.05) is 0 Å². The van der Waals surface area contributed by atoms with Gasteiger partial charge in [0.2, 0.25) is 0 Å². The molecule has 3 nitrogen and oxygen atoms in total. The predicted molar refractivity (Wildman–Crippen MR) is 71.9 cm³/mol. The first kappa shape index (κ1) is 12.9. The van der Waals surface area contributed by atoms with Crippen molar-refractivity contribution < 1.29 is 9.53 Å². The van der Waals surface area contributed by atoms with Crippen molar-refractivity contribution in [1.82, 2.24) is 0 Å². The molecular weight excluding hydrogens is 226 g/mol. The summed E-state index contributed by atoms with van der Waals surface area (Å²) < 4.78 is 5.28. The molecule has 1 atom stereocenters. The van der Waals surface area contributed by atoms with Crippen molar-refractivity contribution >= 4 is 6.09 Å². The van der Waals surface area contributed by atoms with Crippen LogP contribution in [0.25, 0.3) is 0 Å². The SMILES string of the molecule is CC(C)c1cccc(C(C)C2CC2)c1OC(N)=O. The number of para-hydroxylation sites is 1. The molecule has 2 rings (SSSR count). The molecule has 1 fully saturated rings. The van der Waals surface area contributed by atoms with Crippen molar-refractivity contribution in [3.8, 4) is 5.75 Å². The van der Waals surface area contributed by atoms with Gasteiger partial charge in [-0.05, 0) is 41.7 Å². The molecule has 1 unspecified atom stereocenters. The highest BCUT2D eigenvalue weighted by atomic mass is 16.5. The normalized spacial score (nSPS) is 16.7. The van der Waals surface area contributed by atoms with E-state index in [1.807, 2.05) is 18.2 Å². The van der Waals surface area contributed by atoms with Gasteiger partial charge in [0.15, 0.2) is 0 Å². The molecule has 0 aliphatic heterocycles. The van der Waals surface area contributed by atoms with Gasteiger partial charge in [0.1, 0.15) is 5.75 Å². The molecule has 1 amide bonds. The summed E-state index contributed by atoms with van der Waals surface area (Å²) in [6, 6.07) is 6.09. The molecule has 0 bridgehead atoms. The standard InChI is InChI=1S/C15H21NO2/c1-9(2)12-5-4-6-13(10(3)11-7-8-11)14(12)18-15(16)17/h4-6,9-11H,7-8H2,1-3H3,(H2,16,17). The maximum Gasteiger partial charge on any atom is 0.409 e. The minimum absolute atomic E-state index is 0.311. The van der Waals surface area contributed by atoms with Gasteiger partial charge in [-0.25, -0.2) is 4.79 Å². The van der Waals surface area contributed by atoms with E-state index >= 15 is 0 Å². The first-order chi connectivity index (χ1) is 8.50. The lowest BCUT2D eigenvalue weighted by Crippen LogP contribution is -2.19. The average molecular weight is 247 g/mol. The molecule has 1 aliphatic carbocycles. The van der Waals surface area contributed by atoms with E-state index in [0.717, 1.165) is 17.0 Å². The van der Waals surface area contributed by atoms with Crippen LogP contribution < -0.4 is 10.5 Å². The van der Waals surface area contributed by atoms with Crippen molar-refractivity contribution in [2.24, 2.45) is 11.7 Å². The Morgan fingerprint density at radius 2 is 1.89 bits per heavy atom. The third-order valence-corrected chi connectivity index (χ3v) is 3.72. The summed E-state index contributed by atoms with van der Waals surface area (Å²) >= 11 is 0. The maximum absolute atomic E-state index is 11.1. The van der Waals surface area contributed by atoms with Crippen LogP contribution in [0.4, 0.5) is 4.79 Å². The Bertz CT molecular complexity index is 450. The quantitative estimate of drug-likeness (QED) is 0.880. The molecule has 1 aromatic carbocycles. The third kappa shape index (κ3) is 2.66. The van der Waals surface area contributed by atoms with Gasteiger partial charge in [-0.1, -0.05) is 39.0 Å². The lowest BCUT2D eigenvalue weighted by Gasteiger charge is -2.19. The molecule has 3 heteroatoms. The second-order valence-corrected chi connectivity index (χ2v) is 5.47. The molecule has 98 valence electrons. The van der Waals surface area contributed by atoms with E-state index in [2.05, 4.69) is 20.8 Å². The van der Waals surface area contributed by atoms with Gasteiger partial charge in [0.25, 0.3) is 0 Å². The molecule has 1 saturated carbocycles. The zero-order valence-electron chi connectivity index (χ0n) is 11.3. The molecular formula is C15H21NO2. The Morgan fingerprint density at radius 3 is 2.39 bits per heavy atom. The first-order valence-corrected chi connectivity index (χ1v) is 6.60. The van der Waals surface area contributed by atoms with E-state index in [1.54, 1.807) is 0 Å². The number of carbonyl (C=O) groups is 1. The zero-order chi connectivity index (χ0) is 13.3. The molecule has 2 N–H and O–H groups in total. The van der Waals surface area contributed by atoms with Crippen LogP contribution in [-0.4, -0.2) is 6.09 Å². The van der Waals surface area contributed by atoms with Crippen LogP contribution in [-0.2, 0) is 0 Å². The molecule has 0 radical (unpaired) electrons. The first-order valence-electron chi connectivity index (χ1n) is 6.60. The number of primary amides is 1. The molecule has 1 aromatic rings. The number of carbonyl (C=O) groups excluding carboxylic acids is 1. The molecule has 0 aromatic heterocycles. The topological polar surface area (TPSA) is 52.3 Å². The second-order valence-electron chi connectivity index (χ2n) is 5.47. The lowest BCUT2D eigenvalue weighted by molar-refractivity contribution is 0.209. The van der Waals surface area contributed by atoms with Gasteiger partial charge in [0, 0.05) is 0 Å². The van der Waals surface area contributed by atoms with Gasteiger partial charge >= 0.3 is 6.09 Å². The van der Waals surface area contributed by atoms with Gasteiger partial charge in [-0.15, -0.1) is 0 Å². The fourth-order valence-corrected chi connectivity index (χ4v) is 2.46. The molecule has 1 aliphatic rings. The molecule has 18 heavy (non-hydrogen) atoms. The number of ether oxygens (including phenoxy) is 1. The fraction of sp³-hybridized carbons (Fsp3) is 0.533. The molecule has 0 saturated heterocycles. The van der Waals surface area contributed by atoms with Gasteiger partial charge in [-0.3, -0.25) is 0 Å². The van der Waals surface area contributed by atoms with Crippen LogP contribution in [0.2, 0.25) is 0 Å². The number of hydrogen-bond acceptors (Lipinski definition) is 2. The monoisotopic (exact) mass is 247 g/mol. The predicted octanol–water partition coefficient (Wildman–Crippen LogP) is 3.78. The Morgan fingerprint density at radius 1 is 1.28 bits per heavy atom. The lowest BCUT2D eigenvalue weighted by atomic mass is 9.90. The highest BCUT2D eigenvalue weighted by molar-refractivity contribution is 5.69. The van der Waals surface area contributed by atoms with Gasteiger partial charge in [-0.2, -0.15) is 0 Å². The number of rotatable bonds is 4. The van der Waals surface area contributed by atoms with Crippen LogP contribution in [0.15, 0.2) is 18.2 Å². The average Bonchev–Trinajstić information content (AvgIpc) is 3.11. The highest BCUT2D eigenvalue weighted by Crippen LogP contribution is 2.46. The van der Waals surface area contributed by atoms with E-state index < -0.39 is 6.09 Å². The summed E-state index contributed by atoms with van der Waals surface area (Å²) in [5, 5.41) is 0. The van der Waals surface area contributed by atoms with Crippen molar-refractivity contribution in [2.45, 2.75) is 45.4 Å². The Balaban J connectivity index is 2.42. The maximum atomic E-state index is 11.1. The smallest absolute Gasteiger partial charge is 0.409 e. The largest absolute Gasteiger partial charge is 0.410 e. The van der Waals surface area contributed by atoms with Crippen LogP contribution in [0.3, 0.4) is 0 Å². The van der Waals surface area contributed by atoms with Gasteiger partial charge < -0.3 is 10.5 Å². The fourth-order valence-electron chi connectivity index (χ4n) is 2.46. The summed E-state index contributed by atoms with van der Waals surface area (Å²) in [6.45, 7) is 6.38. The summed E-state index contributed by atoms with van der Waals surface area (Å²) in [5.74, 6) is 2.14. The Labute approximate surface area is 108 Å². The zero-order valence-corrected chi connectivity index (χ0v) is 11.3. The number of nitrogens with two attached hydrogens (primary N) is 1. The highest BCUT2D eigenvalue weighted by Gasteiger charge is 2.31. The van der Waals surface area contributed by atoms with Crippen molar-refractivity contribution in [1.29, 1.82) is 0 Å². The number of hydrogen-bond donors (Lipinski definition) is 1. The van der Waals surface area contributed by atoms with Crippen molar-refractivity contribution in [3.05, 3.63) is 29.3 Å². The number of amides is 1. The Kier molecular flexibility index (Phi) is 3.60. The Hall–Kier alpha value is -1.51. The van der Waals surface area contributed by atoms with Crippen LogP contribution in [0.5, 0.6) is 5.75 Å². The molecule has 0 heterocycles. The summed E-state index contributed by atoms with van der Waals surface area (Å²) in [4.78, 5) is 11.1. The van der Waals surface area contributed by atoms with E-state index in [1.165, 1.54) is 12.8 Å². The van der Waals surface area contributed by atoms with Gasteiger partial charge in [0.05, 0.1) is 0 Å². The summed E-state index contributed by atoms with van der Waals surface area (Å²) in [6.07, 6.45) is 1.80. The van der Waals surface area contributed by atoms with Crippen LogP contribution >= 0.6 is 0 Å². The molecule has 0 spiro atoms.